The molecule has 2 fully saturated rings. The van der Waals surface area contributed by atoms with E-state index < -0.39 is 51.8 Å². The molecule has 10 heteroatoms. The van der Waals surface area contributed by atoms with Crippen LogP contribution in [0.2, 0.25) is 10.0 Å². The van der Waals surface area contributed by atoms with E-state index in [1.54, 1.807) is 48.5 Å². The first-order valence-electron chi connectivity index (χ1n) is 9.64. The van der Waals surface area contributed by atoms with Crippen LogP contribution in [-0.2, 0) is 24.3 Å². The van der Waals surface area contributed by atoms with Gasteiger partial charge in [0, 0.05) is 10.0 Å². The molecule has 3 atom stereocenters. The maximum absolute atomic E-state index is 13.3. The molecule has 1 saturated carbocycles. The second kappa shape index (κ2) is 8.43. The van der Waals surface area contributed by atoms with Gasteiger partial charge in [-0.15, -0.1) is 0 Å². The minimum Gasteiger partial charge on any atom is -0.481 e. The molecule has 2 aromatic rings. The van der Waals surface area contributed by atoms with E-state index in [1.165, 1.54) is 0 Å². The van der Waals surface area contributed by atoms with Gasteiger partial charge in [-0.2, -0.15) is 0 Å². The van der Waals surface area contributed by atoms with Crippen molar-refractivity contribution in [1.29, 1.82) is 0 Å². The highest BCUT2D eigenvalue weighted by Gasteiger charge is 2.53. The van der Waals surface area contributed by atoms with Crippen molar-refractivity contribution in [3.8, 4) is 0 Å². The van der Waals surface area contributed by atoms with E-state index in [-0.39, 0.29) is 0 Å². The van der Waals surface area contributed by atoms with Gasteiger partial charge in [0.05, 0.1) is 11.7 Å². The quantitative estimate of drug-likeness (QED) is 0.666. The summed E-state index contributed by atoms with van der Waals surface area (Å²) in [6.45, 7) is 0. The van der Waals surface area contributed by atoms with Crippen LogP contribution in [0, 0.1) is 0 Å². The number of carbonyl (C=O) groups is 2. The smallest absolute Gasteiger partial charge is 0.306 e. The predicted octanol–water partition coefficient (Wildman–Crippen LogP) is 3.97. The van der Waals surface area contributed by atoms with Crippen molar-refractivity contribution in [2.24, 2.45) is 0 Å². The summed E-state index contributed by atoms with van der Waals surface area (Å²) >= 11 is 12.2. The second-order valence-electron chi connectivity index (χ2n) is 7.57. The third-order valence-electron chi connectivity index (χ3n) is 5.31. The maximum Gasteiger partial charge on any atom is 0.306 e. The zero-order valence-corrected chi connectivity index (χ0v) is 18.5. The Bertz CT molecular complexity index is 1120. The third-order valence-corrected chi connectivity index (χ3v) is 8.07. The van der Waals surface area contributed by atoms with Gasteiger partial charge in [-0.1, -0.05) is 47.5 Å². The number of rotatable bonds is 6. The number of carboxylic acid groups (broad SMARTS) is 1. The first-order valence-corrected chi connectivity index (χ1v) is 11.9. The Labute approximate surface area is 189 Å². The Hall–Kier alpha value is -2.13. The summed E-state index contributed by atoms with van der Waals surface area (Å²) in [5.74, 6) is -2.15. The van der Waals surface area contributed by atoms with Crippen molar-refractivity contribution in [3.63, 3.8) is 0 Å². The van der Waals surface area contributed by atoms with E-state index in [1.807, 2.05) is 0 Å². The Morgan fingerprint density at radius 3 is 2.32 bits per heavy atom. The van der Waals surface area contributed by atoms with Gasteiger partial charge >= 0.3 is 5.97 Å². The van der Waals surface area contributed by atoms with Crippen LogP contribution in [0.25, 0.3) is 0 Å². The van der Waals surface area contributed by atoms with Gasteiger partial charge in [0.1, 0.15) is 18.2 Å². The van der Waals surface area contributed by atoms with Crippen molar-refractivity contribution in [1.82, 2.24) is 4.31 Å². The number of carbonyl (C=O) groups excluding carboxylic acids is 1. The minimum atomic E-state index is -4.02. The summed E-state index contributed by atoms with van der Waals surface area (Å²) in [6.07, 6.45) is -2.15. The largest absolute Gasteiger partial charge is 0.481 e. The van der Waals surface area contributed by atoms with Crippen LogP contribution in [0.15, 0.2) is 48.5 Å². The standard InChI is InChI=1S/C21H19Cl2NO6S/c22-14-6-4-12(5-7-14)19-20(13-2-1-3-15(23)10-13)30-17(11-18(25)26)21(27)24(19)31(28,29)16-8-9-16/h1-7,10,16-17,19-20H,8-9,11H2,(H,25,26)/t17-,19+,20-/m1/s1. The zero-order chi connectivity index (χ0) is 22.3. The highest BCUT2D eigenvalue weighted by atomic mass is 35.5. The Morgan fingerprint density at radius 2 is 1.74 bits per heavy atom. The molecule has 4 rings (SSSR count). The molecule has 0 bridgehead atoms. The Morgan fingerprint density at radius 1 is 1.06 bits per heavy atom. The molecule has 7 nitrogen and oxygen atoms in total. The average molecular weight is 484 g/mol. The van der Waals surface area contributed by atoms with Crippen LogP contribution in [0.1, 0.15) is 42.5 Å². The molecule has 1 amide bonds. The van der Waals surface area contributed by atoms with E-state index in [9.17, 15) is 23.1 Å². The Balaban J connectivity index is 1.89. The van der Waals surface area contributed by atoms with Crippen LogP contribution < -0.4 is 0 Å². The third kappa shape index (κ3) is 4.43. The van der Waals surface area contributed by atoms with Crippen molar-refractivity contribution in [3.05, 3.63) is 69.7 Å². The fourth-order valence-electron chi connectivity index (χ4n) is 3.73. The normalized spacial score (nSPS) is 24.3. The number of morpholine rings is 1. The lowest BCUT2D eigenvalue weighted by atomic mass is 9.93. The number of nitrogens with zero attached hydrogens (tertiary/aromatic N) is 1. The van der Waals surface area contributed by atoms with E-state index in [2.05, 4.69) is 0 Å². The van der Waals surface area contributed by atoms with E-state index in [0.717, 1.165) is 4.31 Å². The lowest BCUT2D eigenvalue weighted by Crippen LogP contribution is -2.54. The van der Waals surface area contributed by atoms with Crippen LogP contribution in [-0.4, -0.2) is 41.1 Å². The minimum absolute atomic E-state index is 0.402. The molecule has 31 heavy (non-hydrogen) atoms. The van der Waals surface area contributed by atoms with Crippen LogP contribution in [0.5, 0.6) is 0 Å². The summed E-state index contributed by atoms with van der Waals surface area (Å²) in [7, 11) is -4.02. The first kappa shape index (κ1) is 22.1. The molecule has 0 aromatic heterocycles. The lowest BCUT2D eigenvalue weighted by molar-refractivity contribution is -0.169. The summed E-state index contributed by atoms with van der Waals surface area (Å²) < 4.78 is 33.4. The number of amides is 1. The highest BCUT2D eigenvalue weighted by molar-refractivity contribution is 7.90. The summed E-state index contributed by atoms with van der Waals surface area (Å²) in [5.41, 5.74) is 1.03. The van der Waals surface area contributed by atoms with E-state index in [4.69, 9.17) is 27.9 Å². The van der Waals surface area contributed by atoms with Crippen molar-refractivity contribution >= 4 is 45.1 Å². The molecule has 0 unspecified atom stereocenters. The van der Waals surface area contributed by atoms with Crippen LogP contribution in [0.4, 0.5) is 0 Å². The number of sulfonamides is 1. The van der Waals surface area contributed by atoms with E-state index >= 15 is 0 Å². The van der Waals surface area contributed by atoms with Crippen molar-refractivity contribution in [2.45, 2.75) is 42.8 Å². The molecule has 0 radical (unpaired) electrons. The van der Waals surface area contributed by atoms with Crippen molar-refractivity contribution in [2.75, 3.05) is 0 Å². The number of hydrogen-bond acceptors (Lipinski definition) is 5. The molecule has 2 aliphatic rings. The number of carboxylic acids is 1. The highest BCUT2D eigenvalue weighted by Crippen LogP contribution is 2.47. The molecule has 2 aromatic carbocycles. The molecule has 0 spiro atoms. The fraction of sp³-hybridized carbons (Fsp3) is 0.333. The number of ether oxygens (including phenoxy) is 1. The van der Waals surface area contributed by atoms with Crippen molar-refractivity contribution < 1.29 is 27.9 Å². The van der Waals surface area contributed by atoms with Gasteiger partial charge in [0.25, 0.3) is 5.91 Å². The monoisotopic (exact) mass is 483 g/mol. The van der Waals surface area contributed by atoms with Gasteiger partial charge in [-0.3, -0.25) is 9.59 Å². The zero-order valence-electron chi connectivity index (χ0n) is 16.1. The number of hydrogen-bond donors (Lipinski definition) is 1. The van der Waals surface area contributed by atoms with Gasteiger partial charge in [-0.05, 0) is 48.2 Å². The summed E-state index contributed by atoms with van der Waals surface area (Å²) in [5, 5.41) is 9.45. The summed E-state index contributed by atoms with van der Waals surface area (Å²) in [4.78, 5) is 24.6. The first-order chi connectivity index (χ1) is 14.7. The second-order valence-corrected chi connectivity index (χ2v) is 10.5. The molecule has 1 N–H and O–H groups in total. The maximum atomic E-state index is 13.3. The van der Waals surface area contributed by atoms with Gasteiger partial charge < -0.3 is 9.84 Å². The summed E-state index contributed by atoms with van der Waals surface area (Å²) in [6, 6.07) is 12.1. The van der Waals surface area contributed by atoms with Gasteiger partial charge in [0.15, 0.2) is 0 Å². The lowest BCUT2D eigenvalue weighted by Gasteiger charge is -2.43. The molecule has 1 aliphatic heterocycles. The van der Waals surface area contributed by atoms with Gasteiger partial charge in [-0.25, -0.2) is 12.7 Å². The molecular weight excluding hydrogens is 465 g/mol. The Kier molecular flexibility index (Phi) is 6.00. The molecular formula is C21H19Cl2NO6S. The molecule has 1 heterocycles. The van der Waals surface area contributed by atoms with Crippen LogP contribution in [0.3, 0.4) is 0 Å². The van der Waals surface area contributed by atoms with Crippen LogP contribution >= 0.6 is 23.2 Å². The SMILES string of the molecule is O=C(O)C[C@H]1O[C@H](c2cccc(Cl)c2)[C@H](c2ccc(Cl)cc2)N(S(=O)(=O)C2CC2)C1=O. The number of aliphatic carboxylic acids is 1. The molecule has 164 valence electrons. The molecule has 1 saturated heterocycles. The van der Waals surface area contributed by atoms with E-state index in [0.29, 0.717) is 34.0 Å². The predicted molar refractivity (Wildman–Crippen MR) is 114 cm³/mol. The fourth-order valence-corrected chi connectivity index (χ4v) is 6.03. The number of halogens is 2. The van der Waals surface area contributed by atoms with Gasteiger partial charge in [0.2, 0.25) is 10.0 Å². The average Bonchev–Trinajstić information content (AvgIpc) is 3.55. The molecule has 1 aliphatic carbocycles. The number of benzene rings is 2. The topological polar surface area (TPSA) is 101 Å².